The molecule has 2 aromatic carbocycles. The summed E-state index contributed by atoms with van der Waals surface area (Å²) in [5.74, 6) is -1.01. The van der Waals surface area contributed by atoms with Crippen LogP contribution in [-0.4, -0.2) is 46.5 Å². The molecule has 2 N–H and O–H groups in total. The van der Waals surface area contributed by atoms with Gasteiger partial charge in [-0.3, -0.25) is 9.59 Å². The van der Waals surface area contributed by atoms with Crippen LogP contribution in [0.4, 0.5) is 0 Å². The van der Waals surface area contributed by atoms with Crippen LogP contribution in [0.2, 0.25) is 0 Å². The number of nitrogens with one attached hydrogen (secondary N) is 2. The molecule has 3 aromatic rings. The fourth-order valence-electron chi connectivity index (χ4n) is 5.56. The number of H-pyrrole nitrogens is 1. The second-order valence-corrected chi connectivity index (χ2v) is 8.97. The minimum Gasteiger partial charge on any atom is -0.361 e. The SMILES string of the molecule is O=C(NCc1ccccc1)C1C2C(=O)N(CCc3c[nH]c4ccccc34)CC23C=C[C@@H]1O3. The zero-order valence-corrected chi connectivity index (χ0v) is 17.7. The average molecular weight is 428 g/mol. The highest BCUT2D eigenvalue weighted by molar-refractivity contribution is 5.93. The summed E-state index contributed by atoms with van der Waals surface area (Å²) in [6, 6.07) is 18.0. The third-order valence-electron chi connectivity index (χ3n) is 7.12. The number of amides is 2. The van der Waals surface area contributed by atoms with E-state index in [1.807, 2.05) is 65.7 Å². The van der Waals surface area contributed by atoms with E-state index in [0.29, 0.717) is 19.6 Å². The van der Waals surface area contributed by atoms with Crippen LogP contribution < -0.4 is 5.32 Å². The molecule has 3 aliphatic rings. The van der Waals surface area contributed by atoms with Crippen molar-refractivity contribution < 1.29 is 14.3 Å². The van der Waals surface area contributed by atoms with Gasteiger partial charge in [-0.25, -0.2) is 0 Å². The molecule has 4 atom stereocenters. The number of rotatable bonds is 6. The number of benzene rings is 2. The summed E-state index contributed by atoms with van der Waals surface area (Å²) in [6.07, 6.45) is 6.42. The maximum atomic E-state index is 13.4. The molecule has 162 valence electrons. The zero-order chi connectivity index (χ0) is 21.7. The van der Waals surface area contributed by atoms with Crippen LogP contribution >= 0.6 is 0 Å². The first-order valence-electron chi connectivity index (χ1n) is 11.2. The lowest BCUT2D eigenvalue weighted by molar-refractivity contribution is -0.137. The van der Waals surface area contributed by atoms with Crippen molar-refractivity contribution in [2.45, 2.75) is 24.7 Å². The Morgan fingerprint density at radius 1 is 1.16 bits per heavy atom. The largest absolute Gasteiger partial charge is 0.361 e. The maximum absolute atomic E-state index is 13.4. The maximum Gasteiger partial charge on any atom is 0.230 e. The van der Waals surface area contributed by atoms with Crippen molar-refractivity contribution >= 4 is 22.7 Å². The highest BCUT2D eigenvalue weighted by Gasteiger charge is 2.66. The minimum atomic E-state index is -0.670. The second kappa shape index (κ2) is 7.35. The van der Waals surface area contributed by atoms with Crippen molar-refractivity contribution in [3.8, 4) is 0 Å². The first-order chi connectivity index (χ1) is 15.6. The molecule has 1 aromatic heterocycles. The Kier molecular flexibility index (Phi) is 4.43. The molecular formula is C26H25N3O3. The lowest BCUT2D eigenvalue weighted by Gasteiger charge is -2.23. The van der Waals surface area contributed by atoms with Crippen molar-refractivity contribution in [3.63, 3.8) is 0 Å². The van der Waals surface area contributed by atoms with Gasteiger partial charge in [-0.05, 0) is 23.6 Å². The lowest BCUT2D eigenvalue weighted by Crippen LogP contribution is -2.44. The molecule has 6 rings (SSSR count). The van der Waals surface area contributed by atoms with E-state index in [4.69, 9.17) is 4.74 Å². The molecule has 2 saturated heterocycles. The molecule has 6 heteroatoms. The second-order valence-electron chi connectivity index (χ2n) is 8.97. The number of ether oxygens (including phenoxy) is 1. The van der Waals surface area contributed by atoms with Crippen LogP contribution in [0.15, 0.2) is 72.9 Å². The van der Waals surface area contributed by atoms with E-state index in [1.54, 1.807) is 0 Å². The normalized spacial score (nSPS) is 27.9. The van der Waals surface area contributed by atoms with Gasteiger partial charge in [0.25, 0.3) is 0 Å². The van der Waals surface area contributed by atoms with E-state index in [1.165, 1.54) is 10.9 Å². The van der Waals surface area contributed by atoms with Gasteiger partial charge >= 0.3 is 0 Å². The number of aromatic nitrogens is 1. The van der Waals surface area contributed by atoms with Gasteiger partial charge in [0.2, 0.25) is 11.8 Å². The molecule has 2 amide bonds. The summed E-state index contributed by atoms with van der Waals surface area (Å²) in [4.78, 5) is 31.7. The molecule has 6 nitrogen and oxygen atoms in total. The molecule has 1 spiro atoms. The third-order valence-corrected chi connectivity index (χ3v) is 7.12. The van der Waals surface area contributed by atoms with Gasteiger partial charge in [0.15, 0.2) is 0 Å². The fourth-order valence-corrected chi connectivity index (χ4v) is 5.56. The molecule has 4 heterocycles. The highest BCUT2D eigenvalue weighted by atomic mass is 16.5. The Hall–Kier alpha value is -3.38. The van der Waals surface area contributed by atoms with Gasteiger partial charge in [-0.2, -0.15) is 0 Å². The van der Waals surface area contributed by atoms with Gasteiger partial charge < -0.3 is 19.9 Å². The molecule has 3 aliphatic heterocycles. The van der Waals surface area contributed by atoms with Crippen LogP contribution in [-0.2, 0) is 27.3 Å². The van der Waals surface area contributed by atoms with Crippen LogP contribution in [0, 0.1) is 11.8 Å². The topological polar surface area (TPSA) is 74.4 Å². The third kappa shape index (κ3) is 2.98. The molecule has 0 radical (unpaired) electrons. The summed E-state index contributed by atoms with van der Waals surface area (Å²) in [5.41, 5.74) is 2.66. The van der Waals surface area contributed by atoms with Gasteiger partial charge in [0.05, 0.1) is 24.5 Å². The van der Waals surface area contributed by atoms with Crippen molar-refractivity contribution in [1.29, 1.82) is 0 Å². The number of aromatic amines is 1. The Labute approximate surface area is 186 Å². The molecular weight excluding hydrogens is 402 g/mol. The first kappa shape index (κ1) is 19.3. The number of fused-ring (bicyclic) bond motifs is 2. The molecule has 2 fully saturated rings. The van der Waals surface area contributed by atoms with E-state index >= 15 is 0 Å². The van der Waals surface area contributed by atoms with E-state index in [9.17, 15) is 9.59 Å². The summed E-state index contributed by atoms with van der Waals surface area (Å²) >= 11 is 0. The zero-order valence-electron chi connectivity index (χ0n) is 17.7. The van der Waals surface area contributed by atoms with Gasteiger partial charge in [-0.1, -0.05) is 60.7 Å². The molecule has 0 aliphatic carbocycles. The standard InChI is InChI=1S/C26H25N3O3/c30-24(28-14-17-6-2-1-3-7-17)22-21-10-12-26(32-21)16-29(25(31)23(22)26)13-11-18-15-27-20-9-5-4-8-19(18)20/h1-10,12,15,21-23,27H,11,13-14,16H2,(H,28,30)/t21-,22?,23?,26?/m0/s1. The summed E-state index contributed by atoms with van der Waals surface area (Å²) in [6.45, 7) is 1.57. The molecule has 0 saturated carbocycles. The number of carbonyl (C=O) groups excluding carboxylic acids is 2. The Morgan fingerprint density at radius 3 is 2.84 bits per heavy atom. The first-order valence-corrected chi connectivity index (χ1v) is 11.2. The van der Waals surface area contributed by atoms with Gasteiger partial charge in [0, 0.05) is 30.2 Å². The number of carbonyl (C=O) groups is 2. The van der Waals surface area contributed by atoms with Crippen LogP contribution in [0.1, 0.15) is 11.1 Å². The number of likely N-dealkylation sites (tertiary alicyclic amines) is 1. The van der Waals surface area contributed by atoms with Gasteiger partial charge in [0.1, 0.15) is 5.60 Å². The number of hydrogen-bond acceptors (Lipinski definition) is 3. The van der Waals surface area contributed by atoms with Crippen molar-refractivity contribution in [3.05, 3.63) is 84.1 Å². The van der Waals surface area contributed by atoms with Crippen molar-refractivity contribution in [2.75, 3.05) is 13.1 Å². The predicted molar refractivity (Wildman–Crippen MR) is 121 cm³/mol. The predicted octanol–water partition coefficient (Wildman–Crippen LogP) is 2.81. The van der Waals surface area contributed by atoms with Crippen LogP contribution in [0.25, 0.3) is 10.9 Å². The lowest BCUT2D eigenvalue weighted by atomic mass is 9.77. The molecule has 32 heavy (non-hydrogen) atoms. The van der Waals surface area contributed by atoms with Crippen molar-refractivity contribution in [2.24, 2.45) is 11.8 Å². The number of para-hydroxylation sites is 1. The van der Waals surface area contributed by atoms with Gasteiger partial charge in [-0.15, -0.1) is 0 Å². The Balaban J connectivity index is 1.17. The monoisotopic (exact) mass is 427 g/mol. The van der Waals surface area contributed by atoms with Crippen molar-refractivity contribution in [1.82, 2.24) is 15.2 Å². The van der Waals surface area contributed by atoms with E-state index in [0.717, 1.165) is 17.5 Å². The Bertz CT molecular complexity index is 1220. The average Bonchev–Trinajstić information content (AvgIpc) is 3.56. The summed E-state index contributed by atoms with van der Waals surface area (Å²) in [5, 5.41) is 4.20. The van der Waals surface area contributed by atoms with E-state index < -0.39 is 17.4 Å². The summed E-state index contributed by atoms with van der Waals surface area (Å²) < 4.78 is 6.24. The smallest absolute Gasteiger partial charge is 0.230 e. The number of hydrogen-bond donors (Lipinski definition) is 2. The molecule has 2 bridgehead atoms. The number of nitrogens with zero attached hydrogens (tertiary/aromatic N) is 1. The minimum absolute atomic E-state index is 0.0246. The van der Waals surface area contributed by atoms with Crippen LogP contribution in [0.5, 0.6) is 0 Å². The summed E-state index contributed by atoms with van der Waals surface area (Å²) in [7, 11) is 0. The van der Waals surface area contributed by atoms with Crippen LogP contribution in [0.3, 0.4) is 0 Å². The molecule has 3 unspecified atom stereocenters. The van der Waals surface area contributed by atoms with E-state index in [-0.39, 0.29) is 17.9 Å². The highest BCUT2D eigenvalue weighted by Crippen LogP contribution is 2.51. The van der Waals surface area contributed by atoms with E-state index in [2.05, 4.69) is 22.4 Å². The Morgan fingerprint density at radius 2 is 1.97 bits per heavy atom. The fraction of sp³-hybridized carbons (Fsp3) is 0.308. The quantitative estimate of drug-likeness (QED) is 0.594.